The van der Waals surface area contributed by atoms with Crippen molar-refractivity contribution in [1.82, 2.24) is 14.7 Å². The molecule has 0 spiro atoms. The van der Waals surface area contributed by atoms with Gasteiger partial charge in [-0.3, -0.25) is 0 Å². The van der Waals surface area contributed by atoms with E-state index in [-0.39, 0.29) is 16.6 Å². The largest absolute Gasteiger partial charge is 0.250 e. The van der Waals surface area contributed by atoms with Crippen molar-refractivity contribution in [2.45, 2.75) is 11.3 Å². The number of pyridine rings is 1. The highest BCUT2D eigenvalue weighted by Crippen LogP contribution is 2.17. The van der Waals surface area contributed by atoms with E-state index in [1.807, 2.05) is 5.38 Å². The van der Waals surface area contributed by atoms with E-state index in [4.69, 9.17) is 11.6 Å². The lowest BCUT2D eigenvalue weighted by molar-refractivity contribution is 0.581. The van der Waals surface area contributed by atoms with E-state index in [1.54, 1.807) is 6.20 Å². The number of thiazole rings is 1. The van der Waals surface area contributed by atoms with E-state index in [1.165, 1.54) is 29.7 Å². The van der Waals surface area contributed by atoms with Crippen LogP contribution in [0, 0.1) is 0 Å². The number of halogens is 1. The smallest absolute Gasteiger partial charge is 0.243 e. The van der Waals surface area contributed by atoms with Crippen LogP contribution in [-0.2, 0) is 16.4 Å². The van der Waals surface area contributed by atoms with Crippen LogP contribution >= 0.6 is 22.9 Å². The van der Waals surface area contributed by atoms with Crippen molar-refractivity contribution in [2.24, 2.45) is 0 Å². The van der Waals surface area contributed by atoms with Gasteiger partial charge in [-0.1, -0.05) is 11.6 Å². The number of nitrogens with one attached hydrogen (secondary N) is 1. The number of rotatable bonds is 5. The van der Waals surface area contributed by atoms with Crippen molar-refractivity contribution in [3.8, 4) is 0 Å². The molecule has 2 aromatic rings. The fraction of sp³-hybridized carbons (Fsp3) is 0.200. The van der Waals surface area contributed by atoms with E-state index in [2.05, 4.69) is 14.7 Å². The van der Waals surface area contributed by atoms with Gasteiger partial charge in [-0.25, -0.2) is 23.1 Å². The Hall–Kier alpha value is -1.02. The molecule has 8 heteroatoms. The molecule has 0 aliphatic rings. The standard InChI is InChI=1S/C10H10ClN3O2S2/c11-10-8(2-1-4-13-10)18(15,16)14-5-3-9-12-6-7-17-9/h1-2,4,6-7,14H,3,5H2. The summed E-state index contributed by atoms with van der Waals surface area (Å²) in [6.45, 7) is 0.279. The third-order valence-electron chi connectivity index (χ3n) is 2.13. The van der Waals surface area contributed by atoms with E-state index >= 15 is 0 Å². The van der Waals surface area contributed by atoms with Crippen molar-refractivity contribution in [3.63, 3.8) is 0 Å². The van der Waals surface area contributed by atoms with Crippen molar-refractivity contribution in [2.75, 3.05) is 6.54 Å². The average Bonchev–Trinajstić information content (AvgIpc) is 2.82. The van der Waals surface area contributed by atoms with Gasteiger partial charge in [0.2, 0.25) is 10.0 Å². The van der Waals surface area contributed by atoms with E-state index in [0.717, 1.165) is 5.01 Å². The maximum Gasteiger partial charge on any atom is 0.243 e. The fourth-order valence-electron chi connectivity index (χ4n) is 1.32. The molecule has 0 fully saturated rings. The minimum atomic E-state index is -3.61. The van der Waals surface area contributed by atoms with Crippen molar-refractivity contribution < 1.29 is 8.42 Å². The number of hydrogen-bond donors (Lipinski definition) is 1. The number of sulfonamides is 1. The van der Waals surface area contributed by atoms with Gasteiger partial charge in [0.25, 0.3) is 0 Å². The molecule has 0 bridgehead atoms. The van der Waals surface area contributed by atoms with Crippen LogP contribution in [0.25, 0.3) is 0 Å². The molecular formula is C10H10ClN3O2S2. The predicted octanol–water partition coefficient (Wildman–Crippen LogP) is 1.71. The molecule has 0 atom stereocenters. The van der Waals surface area contributed by atoms with Gasteiger partial charge in [0.05, 0.1) is 5.01 Å². The summed E-state index contributed by atoms with van der Waals surface area (Å²) >= 11 is 7.23. The molecule has 2 rings (SSSR count). The van der Waals surface area contributed by atoms with Gasteiger partial charge < -0.3 is 0 Å². The number of nitrogens with zero attached hydrogens (tertiary/aromatic N) is 2. The zero-order valence-electron chi connectivity index (χ0n) is 9.21. The Kier molecular flexibility index (Phi) is 4.28. The SMILES string of the molecule is O=S(=O)(NCCc1nccs1)c1cccnc1Cl. The van der Waals surface area contributed by atoms with Gasteiger partial charge in [0.15, 0.2) is 0 Å². The van der Waals surface area contributed by atoms with Gasteiger partial charge in [0, 0.05) is 30.7 Å². The number of hydrogen-bond acceptors (Lipinski definition) is 5. The van der Waals surface area contributed by atoms with Gasteiger partial charge in [-0.15, -0.1) is 11.3 Å². The van der Waals surface area contributed by atoms with Crippen LogP contribution in [0.15, 0.2) is 34.8 Å². The average molecular weight is 304 g/mol. The molecule has 0 unspecified atom stereocenters. The minimum Gasteiger partial charge on any atom is -0.250 e. The monoisotopic (exact) mass is 303 g/mol. The Morgan fingerprint density at radius 1 is 1.33 bits per heavy atom. The highest BCUT2D eigenvalue weighted by Gasteiger charge is 2.17. The zero-order valence-corrected chi connectivity index (χ0v) is 11.6. The second-order valence-electron chi connectivity index (χ2n) is 3.37. The molecule has 0 aromatic carbocycles. The minimum absolute atomic E-state index is 0.00851. The summed E-state index contributed by atoms with van der Waals surface area (Å²) in [5, 5.41) is 2.70. The Morgan fingerprint density at radius 3 is 2.83 bits per heavy atom. The Labute approximate surface area is 114 Å². The van der Waals surface area contributed by atoms with Gasteiger partial charge in [0.1, 0.15) is 10.0 Å². The first-order valence-electron chi connectivity index (χ1n) is 5.08. The summed E-state index contributed by atoms with van der Waals surface area (Å²) < 4.78 is 26.3. The first-order chi connectivity index (χ1) is 8.59. The topological polar surface area (TPSA) is 72.0 Å². The molecule has 0 aliphatic heterocycles. The summed E-state index contributed by atoms with van der Waals surface area (Å²) in [4.78, 5) is 7.80. The van der Waals surface area contributed by atoms with Crippen LogP contribution in [0.2, 0.25) is 5.15 Å². The molecule has 2 heterocycles. The van der Waals surface area contributed by atoms with Gasteiger partial charge in [-0.05, 0) is 12.1 Å². The fourth-order valence-corrected chi connectivity index (χ4v) is 3.42. The molecule has 5 nitrogen and oxygen atoms in total. The number of aromatic nitrogens is 2. The third-order valence-corrected chi connectivity index (χ3v) is 4.87. The van der Waals surface area contributed by atoms with Crippen molar-refractivity contribution in [1.29, 1.82) is 0 Å². The normalized spacial score (nSPS) is 11.6. The van der Waals surface area contributed by atoms with Gasteiger partial charge >= 0.3 is 0 Å². The van der Waals surface area contributed by atoms with E-state index in [9.17, 15) is 8.42 Å². The summed E-state index contributed by atoms with van der Waals surface area (Å²) in [6.07, 6.45) is 3.68. The quantitative estimate of drug-likeness (QED) is 0.854. The van der Waals surface area contributed by atoms with E-state index < -0.39 is 10.0 Å². The molecule has 96 valence electrons. The molecule has 0 radical (unpaired) electrons. The van der Waals surface area contributed by atoms with E-state index in [0.29, 0.717) is 6.42 Å². The lowest BCUT2D eigenvalue weighted by atomic mass is 10.5. The lowest BCUT2D eigenvalue weighted by Crippen LogP contribution is -2.26. The van der Waals surface area contributed by atoms with Crippen LogP contribution < -0.4 is 4.72 Å². The van der Waals surface area contributed by atoms with Crippen molar-refractivity contribution in [3.05, 3.63) is 40.1 Å². The van der Waals surface area contributed by atoms with Crippen LogP contribution in [0.5, 0.6) is 0 Å². The Bertz CT molecular complexity index is 614. The molecule has 1 N–H and O–H groups in total. The maximum atomic E-state index is 11.9. The first-order valence-corrected chi connectivity index (χ1v) is 7.82. The molecule has 0 saturated carbocycles. The highest BCUT2D eigenvalue weighted by molar-refractivity contribution is 7.89. The van der Waals surface area contributed by atoms with Crippen LogP contribution in [0.4, 0.5) is 0 Å². The molecular weight excluding hydrogens is 294 g/mol. The second-order valence-corrected chi connectivity index (χ2v) is 6.44. The molecule has 0 amide bonds. The highest BCUT2D eigenvalue weighted by atomic mass is 35.5. The molecule has 2 aromatic heterocycles. The molecule has 0 saturated heterocycles. The summed E-state index contributed by atoms with van der Waals surface area (Å²) in [5.41, 5.74) is 0. The van der Waals surface area contributed by atoms with Crippen LogP contribution in [0.3, 0.4) is 0 Å². The Balaban J connectivity index is 2.02. The second kappa shape index (κ2) is 5.75. The zero-order chi connectivity index (χ0) is 13.0. The Morgan fingerprint density at radius 2 is 2.17 bits per heavy atom. The third kappa shape index (κ3) is 3.26. The van der Waals surface area contributed by atoms with Crippen molar-refractivity contribution >= 4 is 33.0 Å². The van der Waals surface area contributed by atoms with Crippen LogP contribution in [0.1, 0.15) is 5.01 Å². The first kappa shape index (κ1) is 13.4. The van der Waals surface area contributed by atoms with Gasteiger partial charge in [-0.2, -0.15) is 0 Å². The lowest BCUT2D eigenvalue weighted by Gasteiger charge is -2.06. The predicted molar refractivity (Wildman–Crippen MR) is 70.3 cm³/mol. The summed E-state index contributed by atoms with van der Waals surface area (Å²) in [6, 6.07) is 2.95. The van der Waals surface area contributed by atoms with Crippen LogP contribution in [-0.4, -0.2) is 24.9 Å². The maximum absolute atomic E-state index is 11.9. The molecule has 0 aliphatic carbocycles. The molecule has 18 heavy (non-hydrogen) atoms. The summed E-state index contributed by atoms with van der Waals surface area (Å²) in [5.74, 6) is 0. The summed E-state index contributed by atoms with van der Waals surface area (Å²) in [7, 11) is -3.61.